The molecule has 0 saturated carbocycles. The number of likely N-dealkylation sites (tertiary alicyclic amines) is 1. The standard InChI is InChI=1S/C22H33N3O3/c1-16-12-24(13-17(2)28-16)14-20-8-6-19(7-9-20)11-23-22(27)21-5-4-10-25(15-21)18(3)26/h6-9,16-17,21H,4-5,10-15H2,1-3H3,(H,23,27)/t16-,17+,21-/m0/s1. The van der Waals surface area contributed by atoms with Gasteiger partial charge in [-0.1, -0.05) is 24.3 Å². The number of rotatable bonds is 5. The molecule has 2 amide bonds. The lowest BCUT2D eigenvalue weighted by Crippen LogP contribution is -2.44. The summed E-state index contributed by atoms with van der Waals surface area (Å²) in [5, 5.41) is 3.04. The summed E-state index contributed by atoms with van der Waals surface area (Å²) in [6.07, 6.45) is 2.30. The van der Waals surface area contributed by atoms with Gasteiger partial charge in [-0.05, 0) is 37.8 Å². The molecular weight excluding hydrogens is 354 g/mol. The summed E-state index contributed by atoms with van der Waals surface area (Å²) < 4.78 is 5.79. The summed E-state index contributed by atoms with van der Waals surface area (Å²) in [4.78, 5) is 28.2. The smallest absolute Gasteiger partial charge is 0.225 e. The molecule has 2 aliphatic rings. The summed E-state index contributed by atoms with van der Waals surface area (Å²) in [5.74, 6) is 0.00526. The number of benzene rings is 1. The van der Waals surface area contributed by atoms with Gasteiger partial charge in [-0.25, -0.2) is 0 Å². The Balaban J connectivity index is 1.46. The molecule has 1 aromatic rings. The summed E-state index contributed by atoms with van der Waals surface area (Å²) >= 11 is 0. The van der Waals surface area contributed by atoms with E-state index in [1.54, 1.807) is 11.8 Å². The van der Waals surface area contributed by atoms with Gasteiger partial charge in [0.25, 0.3) is 0 Å². The van der Waals surface area contributed by atoms with Crippen LogP contribution in [0.2, 0.25) is 0 Å². The zero-order valence-electron chi connectivity index (χ0n) is 17.3. The van der Waals surface area contributed by atoms with Gasteiger partial charge in [-0.15, -0.1) is 0 Å². The van der Waals surface area contributed by atoms with Crippen molar-refractivity contribution in [2.45, 2.75) is 58.9 Å². The molecule has 2 aliphatic heterocycles. The van der Waals surface area contributed by atoms with E-state index in [4.69, 9.17) is 4.74 Å². The molecule has 154 valence electrons. The molecule has 28 heavy (non-hydrogen) atoms. The lowest BCUT2D eigenvalue weighted by atomic mass is 9.97. The van der Waals surface area contributed by atoms with E-state index < -0.39 is 0 Å². The molecule has 0 bridgehead atoms. The molecule has 1 aromatic carbocycles. The minimum absolute atomic E-state index is 0.0475. The number of amides is 2. The van der Waals surface area contributed by atoms with Crippen LogP contribution < -0.4 is 5.32 Å². The Bertz CT molecular complexity index is 666. The third-order valence-electron chi connectivity index (χ3n) is 5.63. The summed E-state index contributed by atoms with van der Waals surface area (Å²) in [6.45, 7) is 10.5. The highest BCUT2D eigenvalue weighted by Gasteiger charge is 2.26. The number of morpholine rings is 1. The number of hydrogen-bond donors (Lipinski definition) is 1. The van der Waals surface area contributed by atoms with Crippen LogP contribution in [-0.2, 0) is 27.4 Å². The lowest BCUT2D eigenvalue weighted by Gasteiger charge is -2.35. The number of hydrogen-bond acceptors (Lipinski definition) is 4. The van der Waals surface area contributed by atoms with Crippen molar-refractivity contribution in [1.29, 1.82) is 0 Å². The van der Waals surface area contributed by atoms with Gasteiger partial charge < -0.3 is 15.0 Å². The molecule has 6 heteroatoms. The van der Waals surface area contributed by atoms with Crippen LogP contribution in [0, 0.1) is 5.92 Å². The van der Waals surface area contributed by atoms with Crippen LogP contribution in [0.1, 0.15) is 44.7 Å². The summed E-state index contributed by atoms with van der Waals surface area (Å²) in [5.41, 5.74) is 2.38. The van der Waals surface area contributed by atoms with Crippen molar-refractivity contribution < 1.29 is 14.3 Å². The molecule has 0 aromatic heterocycles. The van der Waals surface area contributed by atoms with Gasteiger partial charge in [0.15, 0.2) is 0 Å². The van der Waals surface area contributed by atoms with E-state index in [0.717, 1.165) is 44.6 Å². The Morgan fingerprint density at radius 3 is 2.36 bits per heavy atom. The maximum atomic E-state index is 12.5. The van der Waals surface area contributed by atoms with Gasteiger partial charge in [0.05, 0.1) is 18.1 Å². The highest BCUT2D eigenvalue weighted by Crippen LogP contribution is 2.17. The molecule has 0 spiro atoms. The van der Waals surface area contributed by atoms with Crippen molar-refractivity contribution >= 4 is 11.8 Å². The maximum Gasteiger partial charge on any atom is 0.225 e. The van der Waals surface area contributed by atoms with Gasteiger partial charge in [0.2, 0.25) is 11.8 Å². The first-order valence-corrected chi connectivity index (χ1v) is 10.4. The molecule has 2 fully saturated rings. The molecule has 0 radical (unpaired) electrons. The van der Waals surface area contributed by atoms with Crippen molar-refractivity contribution in [3.8, 4) is 0 Å². The van der Waals surface area contributed by atoms with E-state index in [1.807, 2.05) is 0 Å². The highest BCUT2D eigenvalue weighted by molar-refractivity contribution is 5.80. The average Bonchev–Trinajstić information content (AvgIpc) is 2.66. The van der Waals surface area contributed by atoms with Crippen LogP contribution >= 0.6 is 0 Å². The van der Waals surface area contributed by atoms with E-state index in [9.17, 15) is 9.59 Å². The van der Waals surface area contributed by atoms with Crippen molar-refractivity contribution in [2.75, 3.05) is 26.2 Å². The fourth-order valence-electron chi connectivity index (χ4n) is 4.24. The zero-order valence-corrected chi connectivity index (χ0v) is 17.3. The van der Waals surface area contributed by atoms with Crippen molar-refractivity contribution in [3.63, 3.8) is 0 Å². The normalized spacial score (nSPS) is 26.1. The number of nitrogens with one attached hydrogen (secondary N) is 1. The topological polar surface area (TPSA) is 61.9 Å². The summed E-state index contributed by atoms with van der Waals surface area (Å²) in [6, 6.07) is 8.46. The monoisotopic (exact) mass is 387 g/mol. The van der Waals surface area contributed by atoms with E-state index in [1.165, 1.54) is 5.56 Å². The van der Waals surface area contributed by atoms with Crippen LogP contribution in [0.5, 0.6) is 0 Å². The second-order valence-electron chi connectivity index (χ2n) is 8.29. The second kappa shape index (κ2) is 9.52. The largest absolute Gasteiger partial charge is 0.373 e. The number of carbonyl (C=O) groups excluding carboxylic acids is 2. The molecule has 3 atom stereocenters. The SMILES string of the molecule is CC(=O)N1CCC[C@H](C(=O)NCc2ccc(CN3C[C@@H](C)O[C@@H](C)C3)cc2)C1. The fraction of sp³-hybridized carbons (Fsp3) is 0.636. The van der Waals surface area contributed by atoms with E-state index in [-0.39, 0.29) is 29.9 Å². The van der Waals surface area contributed by atoms with Crippen LogP contribution in [0.25, 0.3) is 0 Å². The second-order valence-corrected chi connectivity index (χ2v) is 8.29. The predicted octanol–water partition coefficient (Wildman–Crippen LogP) is 2.17. The molecule has 1 N–H and O–H groups in total. The van der Waals surface area contributed by atoms with E-state index >= 15 is 0 Å². The van der Waals surface area contributed by atoms with Crippen LogP contribution in [0.3, 0.4) is 0 Å². The van der Waals surface area contributed by atoms with Gasteiger partial charge >= 0.3 is 0 Å². The number of nitrogens with zero attached hydrogens (tertiary/aromatic N) is 2. The van der Waals surface area contributed by atoms with Crippen molar-refractivity contribution in [3.05, 3.63) is 35.4 Å². The maximum absolute atomic E-state index is 12.5. The van der Waals surface area contributed by atoms with E-state index in [0.29, 0.717) is 13.1 Å². The van der Waals surface area contributed by atoms with Gasteiger partial charge in [-0.2, -0.15) is 0 Å². The van der Waals surface area contributed by atoms with Gasteiger partial charge in [-0.3, -0.25) is 14.5 Å². The van der Waals surface area contributed by atoms with Crippen molar-refractivity contribution in [2.24, 2.45) is 5.92 Å². The highest BCUT2D eigenvalue weighted by atomic mass is 16.5. The Labute approximate surface area is 168 Å². The quantitative estimate of drug-likeness (QED) is 0.841. The molecule has 0 aliphatic carbocycles. The zero-order chi connectivity index (χ0) is 20.1. The van der Waals surface area contributed by atoms with Gasteiger partial charge in [0.1, 0.15) is 0 Å². The predicted molar refractivity (Wildman–Crippen MR) is 109 cm³/mol. The molecule has 2 saturated heterocycles. The fourth-order valence-corrected chi connectivity index (χ4v) is 4.24. The first kappa shape index (κ1) is 20.8. The number of carbonyl (C=O) groups is 2. The minimum Gasteiger partial charge on any atom is -0.373 e. The lowest BCUT2D eigenvalue weighted by molar-refractivity contribution is -0.134. The Morgan fingerprint density at radius 1 is 1.07 bits per heavy atom. The first-order chi connectivity index (χ1) is 13.4. The molecule has 3 rings (SSSR count). The third kappa shape index (κ3) is 5.79. The molecule has 6 nitrogen and oxygen atoms in total. The molecular formula is C22H33N3O3. The Kier molecular flexibility index (Phi) is 7.08. The minimum atomic E-state index is -0.0952. The Hall–Kier alpha value is -1.92. The van der Waals surface area contributed by atoms with E-state index in [2.05, 4.69) is 48.3 Å². The van der Waals surface area contributed by atoms with Crippen LogP contribution in [0.4, 0.5) is 0 Å². The number of ether oxygens (including phenoxy) is 1. The van der Waals surface area contributed by atoms with Crippen molar-refractivity contribution in [1.82, 2.24) is 15.1 Å². The average molecular weight is 388 g/mol. The van der Waals surface area contributed by atoms with Crippen LogP contribution in [-0.4, -0.2) is 60.0 Å². The summed E-state index contributed by atoms with van der Waals surface area (Å²) in [7, 11) is 0. The number of piperidine rings is 1. The molecule has 0 unspecified atom stereocenters. The third-order valence-corrected chi connectivity index (χ3v) is 5.63. The van der Waals surface area contributed by atoms with Crippen LogP contribution in [0.15, 0.2) is 24.3 Å². The Morgan fingerprint density at radius 2 is 1.71 bits per heavy atom. The molecule has 2 heterocycles. The first-order valence-electron chi connectivity index (χ1n) is 10.4. The van der Waals surface area contributed by atoms with Gasteiger partial charge in [0, 0.05) is 46.2 Å².